The molecule has 0 saturated carbocycles. The van der Waals surface area contributed by atoms with Crippen molar-refractivity contribution in [1.82, 2.24) is 39.7 Å². The smallest absolute Gasteiger partial charge is 0.224 e. The lowest BCUT2D eigenvalue weighted by Gasteiger charge is -2.17. The van der Waals surface area contributed by atoms with Crippen LogP contribution in [0.4, 0.5) is 5.69 Å². The van der Waals surface area contributed by atoms with Gasteiger partial charge in [0.15, 0.2) is 0 Å². The van der Waals surface area contributed by atoms with Crippen LogP contribution in [0.5, 0.6) is 0 Å². The maximum absolute atomic E-state index is 12.4. The molecule has 0 aliphatic heterocycles. The van der Waals surface area contributed by atoms with E-state index in [1.54, 1.807) is 31.1 Å². The molecule has 0 bridgehead atoms. The molecule has 6 rings (SSSR count). The minimum absolute atomic E-state index is 0.0458. The van der Waals surface area contributed by atoms with E-state index in [0.717, 1.165) is 55.8 Å². The molecule has 0 unspecified atom stereocenters. The molecule has 3 N–H and O–H groups in total. The summed E-state index contributed by atoms with van der Waals surface area (Å²) in [6, 6.07) is 5.94. The lowest BCUT2D eigenvalue weighted by atomic mass is 9.92. The van der Waals surface area contributed by atoms with Crippen molar-refractivity contribution in [1.29, 1.82) is 0 Å². The summed E-state index contributed by atoms with van der Waals surface area (Å²) >= 11 is 0. The molecule has 0 spiro atoms. The minimum atomic E-state index is -0.101. The Morgan fingerprint density at radius 3 is 2.61 bits per heavy atom. The van der Waals surface area contributed by atoms with Gasteiger partial charge in [0.2, 0.25) is 5.91 Å². The lowest BCUT2D eigenvalue weighted by Crippen LogP contribution is -2.19. The molecule has 190 valence electrons. The molecule has 0 aliphatic carbocycles. The van der Waals surface area contributed by atoms with E-state index in [1.807, 2.05) is 56.8 Å². The highest BCUT2D eigenvalue weighted by molar-refractivity contribution is 5.98. The Hall–Kier alpha value is -4.86. The van der Waals surface area contributed by atoms with Crippen molar-refractivity contribution in [3.8, 4) is 28.3 Å². The number of pyridine rings is 3. The molecule has 10 heteroatoms. The Morgan fingerprint density at radius 1 is 0.974 bits per heavy atom. The van der Waals surface area contributed by atoms with Crippen molar-refractivity contribution in [3.63, 3.8) is 0 Å². The fraction of sp³-hybridized carbons (Fsp3) is 0.214. The van der Waals surface area contributed by atoms with E-state index in [9.17, 15) is 4.79 Å². The van der Waals surface area contributed by atoms with Crippen LogP contribution in [0.15, 0.2) is 61.7 Å². The zero-order valence-electron chi connectivity index (χ0n) is 21.6. The van der Waals surface area contributed by atoms with Crippen LogP contribution in [-0.2, 0) is 4.79 Å². The first-order chi connectivity index (χ1) is 18.2. The number of carbonyl (C=O) groups excluding carboxylic acids is 1. The van der Waals surface area contributed by atoms with E-state index in [0.29, 0.717) is 12.1 Å². The van der Waals surface area contributed by atoms with Crippen molar-refractivity contribution in [2.24, 2.45) is 5.41 Å². The second kappa shape index (κ2) is 8.91. The number of fused-ring (bicyclic) bond motifs is 2. The predicted molar refractivity (Wildman–Crippen MR) is 147 cm³/mol. The van der Waals surface area contributed by atoms with Gasteiger partial charge in [0.05, 0.1) is 70.6 Å². The van der Waals surface area contributed by atoms with Crippen LogP contribution in [-0.4, -0.2) is 45.6 Å². The van der Waals surface area contributed by atoms with Crippen LogP contribution in [0.25, 0.3) is 50.1 Å². The van der Waals surface area contributed by atoms with E-state index in [4.69, 9.17) is 0 Å². The molecule has 0 radical (unpaired) electrons. The van der Waals surface area contributed by atoms with Crippen LogP contribution in [0.1, 0.15) is 32.9 Å². The Labute approximate surface area is 218 Å². The summed E-state index contributed by atoms with van der Waals surface area (Å²) in [5.41, 5.74) is 7.27. The van der Waals surface area contributed by atoms with Crippen LogP contribution < -0.4 is 5.32 Å². The van der Waals surface area contributed by atoms with Gasteiger partial charge < -0.3 is 14.9 Å². The number of hydrogen-bond acceptors (Lipinski definition) is 6. The Kier molecular flexibility index (Phi) is 5.52. The number of amides is 1. The lowest BCUT2D eigenvalue weighted by molar-refractivity contribution is -0.117. The summed E-state index contributed by atoms with van der Waals surface area (Å²) in [6.45, 7) is 8.06. The second-order valence-corrected chi connectivity index (χ2v) is 10.7. The van der Waals surface area contributed by atoms with E-state index in [2.05, 4.69) is 46.5 Å². The van der Waals surface area contributed by atoms with Crippen molar-refractivity contribution < 1.29 is 4.79 Å². The van der Waals surface area contributed by atoms with Gasteiger partial charge in [-0.3, -0.25) is 24.8 Å². The summed E-state index contributed by atoms with van der Waals surface area (Å²) < 4.78 is 1.97. The molecule has 0 saturated heterocycles. The van der Waals surface area contributed by atoms with Crippen molar-refractivity contribution in [2.45, 2.75) is 34.1 Å². The van der Waals surface area contributed by atoms with Crippen LogP contribution in [0, 0.1) is 12.3 Å². The number of aromatic nitrogens is 8. The Balaban J connectivity index is 1.36. The topological polar surface area (TPSA) is 130 Å². The minimum Gasteiger partial charge on any atom is -0.352 e. The van der Waals surface area contributed by atoms with Gasteiger partial charge in [-0.2, -0.15) is 5.10 Å². The van der Waals surface area contributed by atoms with Gasteiger partial charge >= 0.3 is 0 Å². The molecule has 0 atom stereocenters. The molecule has 6 heterocycles. The van der Waals surface area contributed by atoms with Crippen LogP contribution in [0.3, 0.4) is 0 Å². The van der Waals surface area contributed by atoms with E-state index >= 15 is 0 Å². The summed E-state index contributed by atoms with van der Waals surface area (Å²) in [5, 5.41) is 12.5. The van der Waals surface area contributed by atoms with Crippen LogP contribution in [0.2, 0.25) is 0 Å². The third kappa shape index (κ3) is 4.52. The largest absolute Gasteiger partial charge is 0.352 e. The summed E-state index contributed by atoms with van der Waals surface area (Å²) in [5.74, 6) is -0.0458. The van der Waals surface area contributed by atoms with Crippen LogP contribution >= 0.6 is 0 Å². The number of H-pyrrole nitrogens is 2. The molecular formula is C28H27N9O. The molecular weight excluding hydrogens is 478 g/mol. The number of anilines is 1. The first-order valence-electron chi connectivity index (χ1n) is 12.3. The number of nitrogens with zero attached hydrogens (tertiary/aromatic N) is 6. The summed E-state index contributed by atoms with van der Waals surface area (Å²) in [4.78, 5) is 33.6. The highest BCUT2D eigenvalue weighted by atomic mass is 16.1. The van der Waals surface area contributed by atoms with Gasteiger partial charge in [-0.25, -0.2) is 4.98 Å². The van der Waals surface area contributed by atoms with Gasteiger partial charge in [-0.15, -0.1) is 0 Å². The maximum atomic E-state index is 12.4. The molecule has 6 aromatic heterocycles. The summed E-state index contributed by atoms with van der Waals surface area (Å²) in [6.07, 6.45) is 12.9. The number of hydrogen-bond donors (Lipinski definition) is 3. The predicted octanol–water partition coefficient (Wildman–Crippen LogP) is 5.43. The van der Waals surface area contributed by atoms with Gasteiger partial charge in [-0.1, -0.05) is 20.8 Å². The standard InChI is InChI=1S/C28H27N9O/c1-16-14-37(15-32-16)25-13-30-11-23-19(25)6-22(34-23)27-20-7-21(31-12-24(20)35-36-27)17-5-18(10-29-9-17)33-26(38)8-28(2,3)4/h5-7,9-15,34H,8H2,1-4H3,(H,33,38)(H,35,36). The fourth-order valence-corrected chi connectivity index (χ4v) is 4.54. The fourth-order valence-electron chi connectivity index (χ4n) is 4.54. The monoisotopic (exact) mass is 505 g/mol. The number of aromatic amines is 2. The van der Waals surface area contributed by atoms with Crippen molar-refractivity contribution in [3.05, 3.63) is 67.4 Å². The molecule has 6 aromatic rings. The number of carbonyl (C=O) groups is 1. The van der Waals surface area contributed by atoms with Crippen molar-refractivity contribution in [2.75, 3.05) is 5.32 Å². The highest BCUT2D eigenvalue weighted by Crippen LogP contribution is 2.32. The SMILES string of the molecule is Cc1cn(-c2cncc3[nH]c(-c4n[nH]c5cnc(-c6cncc(NC(=O)CC(C)(C)C)c6)cc45)cc23)cn1. The molecule has 1 amide bonds. The van der Waals surface area contributed by atoms with Gasteiger partial charge in [0, 0.05) is 35.2 Å². The first kappa shape index (κ1) is 23.5. The average molecular weight is 506 g/mol. The first-order valence-corrected chi connectivity index (χ1v) is 12.3. The van der Waals surface area contributed by atoms with Gasteiger partial charge in [-0.05, 0) is 30.5 Å². The zero-order chi connectivity index (χ0) is 26.4. The molecule has 0 aromatic carbocycles. The quantitative estimate of drug-likeness (QED) is 0.286. The number of imidazole rings is 1. The highest BCUT2D eigenvalue weighted by Gasteiger charge is 2.17. The van der Waals surface area contributed by atoms with Crippen molar-refractivity contribution >= 4 is 33.4 Å². The molecule has 0 fully saturated rings. The third-order valence-corrected chi connectivity index (χ3v) is 6.23. The third-order valence-electron chi connectivity index (χ3n) is 6.23. The molecule has 0 aliphatic rings. The molecule has 10 nitrogen and oxygen atoms in total. The van der Waals surface area contributed by atoms with Gasteiger partial charge in [0.1, 0.15) is 5.69 Å². The Bertz CT molecular complexity index is 1800. The zero-order valence-corrected chi connectivity index (χ0v) is 21.6. The number of aryl methyl sites for hydroxylation is 1. The number of nitrogens with one attached hydrogen (secondary N) is 3. The molecule has 38 heavy (non-hydrogen) atoms. The van der Waals surface area contributed by atoms with E-state index < -0.39 is 0 Å². The maximum Gasteiger partial charge on any atom is 0.224 e. The summed E-state index contributed by atoms with van der Waals surface area (Å²) in [7, 11) is 0. The number of rotatable bonds is 5. The normalized spacial score (nSPS) is 11.9. The van der Waals surface area contributed by atoms with E-state index in [-0.39, 0.29) is 11.3 Å². The van der Waals surface area contributed by atoms with E-state index in [1.165, 1.54) is 0 Å². The Morgan fingerprint density at radius 2 is 1.82 bits per heavy atom. The van der Waals surface area contributed by atoms with Gasteiger partial charge in [0.25, 0.3) is 0 Å². The average Bonchev–Trinajstić information content (AvgIpc) is 3.60. The second-order valence-electron chi connectivity index (χ2n) is 10.7.